The zero-order valence-corrected chi connectivity index (χ0v) is 13.4. The van der Waals surface area contributed by atoms with Crippen molar-refractivity contribution < 1.29 is 14.6 Å². The van der Waals surface area contributed by atoms with Crippen LogP contribution < -0.4 is 17.0 Å². The van der Waals surface area contributed by atoms with Crippen LogP contribution in [0.25, 0.3) is 11.2 Å². The van der Waals surface area contributed by atoms with Crippen LogP contribution in [0.3, 0.4) is 0 Å². The van der Waals surface area contributed by atoms with E-state index in [2.05, 4.69) is 15.9 Å². The van der Waals surface area contributed by atoms with Crippen molar-refractivity contribution in [3.05, 3.63) is 20.8 Å². The van der Waals surface area contributed by atoms with E-state index in [1.807, 2.05) is 0 Å². The van der Waals surface area contributed by atoms with Crippen LogP contribution in [0.15, 0.2) is 9.59 Å². The van der Waals surface area contributed by atoms with Crippen molar-refractivity contribution >= 4 is 22.9 Å². The van der Waals surface area contributed by atoms with Gasteiger partial charge < -0.3 is 15.6 Å². The largest absolute Gasteiger partial charge is 0.388 e. The van der Waals surface area contributed by atoms with Crippen molar-refractivity contribution in [2.24, 2.45) is 0 Å². The number of hydrogen-bond acceptors (Lipinski definition) is 7. The Labute approximate surface area is 141 Å². The van der Waals surface area contributed by atoms with Gasteiger partial charge in [0.05, 0.1) is 6.54 Å². The molecule has 132 valence electrons. The maximum atomic E-state index is 12.7. The number of nitrogen functional groups attached to an aromatic ring is 1. The van der Waals surface area contributed by atoms with E-state index in [0.717, 1.165) is 9.13 Å². The van der Waals surface area contributed by atoms with Gasteiger partial charge in [0.15, 0.2) is 23.2 Å². The number of aromatic nitrogens is 4. The monoisotopic (exact) mass is 347 g/mol. The van der Waals surface area contributed by atoms with Crippen LogP contribution in [0.5, 0.6) is 0 Å². The van der Waals surface area contributed by atoms with E-state index in [1.165, 1.54) is 0 Å². The van der Waals surface area contributed by atoms with Crippen LogP contribution in [-0.4, -0.2) is 42.2 Å². The Morgan fingerprint density at radius 1 is 1.56 bits per heavy atom. The third kappa shape index (κ3) is 2.63. The number of ketones is 1. The molecule has 2 aromatic heterocycles. The molecule has 4 N–H and O–H groups in total. The maximum absolute atomic E-state index is 12.7. The van der Waals surface area contributed by atoms with Gasteiger partial charge in [-0.2, -0.15) is 4.98 Å². The summed E-state index contributed by atoms with van der Waals surface area (Å²) in [4.78, 5) is 43.1. The molecule has 0 aliphatic carbocycles. The average molecular weight is 347 g/mol. The van der Waals surface area contributed by atoms with Gasteiger partial charge in [0, 0.05) is 12.8 Å². The molecule has 10 nitrogen and oxygen atoms in total. The Morgan fingerprint density at radius 3 is 2.92 bits per heavy atom. The highest BCUT2D eigenvalue weighted by Crippen LogP contribution is 2.30. The molecule has 2 aromatic rings. The summed E-state index contributed by atoms with van der Waals surface area (Å²) in [5.41, 5.74) is 4.12. The molecule has 0 aromatic carbocycles. The number of carbonyl (C=O) groups is 1. The molecule has 25 heavy (non-hydrogen) atoms. The molecule has 0 spiro atoms. The standard InChI is InChI=1S/C15H17N5O5/c1-3-5-19-10-11(17-14(16)18-12(10)23)20(15(19)24)13-8(22)6-9(25-13)7(21)4-2/h1,8-9,13,22H,4-6H2,2H3,(H3,16,17,18,23)/t8-,9?,13-/m1/s1. The minimum absolute atomic E-state index is 0.0459. The van der Waals surface area contributed by atoms with E-state index >= 15 is 0 Å². The van der Waals surface area contributed by atoms with Gasteiger partial charge in [-0.05, 0) is 0 Å². The normalized spacial score (nSPS) is 23.0. The molecule has 10 heteroatoms. The van der Waals surface area contributed by atoms with E-state index in [-0.39, 0.29) is 42.3 Å². The number of hydrogen-bond donors (Lipinski definition) is 3. The number of H-pyrrole nitrogens is 1. The van der Waals surface area contributed by atoms with Gasteiger partial charge in [0.2, 0.25) is 5.95 Å². The predicted molar refractivity (Wildman–Crippen MR) is 87.7 cm³/mol. The highest BCUT2D eigenvalue weighted by atomic mass is 16.5. The molecule has 3 rings (SSSR count). The third-order valence-electron chi connectivity index (χ3n) is 4.13. The number of aromatic amines is 1. The molecule has 1 fully saturated rings. The summed E-state index contributed by atoms with van der Waals surface area (Å²) in [6.45, 7) is 1.51. The van der Waals surface area contributed by atoms with Gasteiger partial charge in [0.25, 0.3) is 5.56 Å². The summed E-state index contributed by atoms with van der Waals surface area (Å²) < 4.78 is 7.64. The van der Waals surface area contributed by atoms with E-state index in [1.54, 1.807) is 6.92 Å². The number of ether oxygens (including phenoxy) is 1. The van der Waals surface area contributed by atoms with Crippen LogP contribution in [0.4, 0.5) is 5.95 Å². The van der Waals surface area contributed by atoms with Crippen LogP contribution in [0, 0.1) is 12.3 Å². The van der Waals surface area contributed by atoms with Gasteiger partial charge in [-0.15, -0.1) is 6.42 Å². The molecule has 1 unspecified atom stereocenters. The fourth-order valence-electron chi connectivity index (χ4n) is 2.99. The smallest absolute Gasteiger partial charge is 0.333 e. The van der Waals surface area contributed by atoms with Crippen molar-refractivity contribution in [1.29, 1.82) is 0 Å². The molecular weight excluding hydrogens is 330 g/mol. The second-order valence-electron chi connectivity index (χ2n) is 5.70. The van der Waals surface area contributed by atoms with Gasteiger partial charge in [0.1, 0.15) is 12.2 Å². The summed E-state index contributed by atoms with van der Waals surface area (Å²) in [5.74, 6) is 1.91. The number of nitrogens with two attached hydrogens (primary N) is 1. The number of rotatable bonds is 4. The van der Waals surface area contributed by atoms with Crippen molar-refractivity contribution in [2.75, 3.05) is 5.73 Å². The van der Waals surface area contributed by atoms with Gasteiger partial charge >= 0.3 is 5.69 Å². The Morgan fingerprint density at radius 2 is 2.28 bits per heavy atom. The van der Waals surface area contributed by atoms with E-state index in [4.69, 9.17) is 16.9 Å². The van der Waals surface area contributed by atoms with Crippen molar-refractivity contribution in [1.82, 2.24) is 19.1 Å². The number of Topliss-reactive ketones (excluding diaryl/α,β-unsaturated/α-hetero) is 1. The molecule has 3 atom stereocenters. The second-order valence-corrected chi connectivity index (χ2v) is 5.70. The Bertz CT molecular complexity index is 995. The number of aliphatic hydroxyl groups excluding tert-OH is 1. The number of imidazole rings is 1. The Hall–Kier alpha value is -2.90. The second kappa shape index (κ2) is 6.19. The number of terminal acetylenes is 1. The van der Waals surface area contributed by atoms with Crippen LogP contribution in [-0.2, 0) is 16.1 Å². The average Bonchev–Trinajstić information content (AvgIpc) is 3.05. The molecule has 0 radical (unpaired) electrons. The number of fused-ring (bicyclic) bond motifs is 1. The summed E-state index contributed by atoms with van der Waals surface area (Å²) in [6, 6.07) is 0. The lowest BCUT2D eigenvalue weighted by Gasteiger charge is -2.15. The predicted octanol–water partition coefficient (Wildman–Crippen LogP) is -1.27. The molecule has 3 heterocycles. The lowest BCUT2D eigenvalue weighted by Crippen LogP contribution is -2.32. The SMILES string of the molecule is C#CCn1c(=O)n([C@@H]2OC(C(=O)CC)C[C@H]2O)c2nc(N)[nH]c(=O)c21. The Kier molecular flexibility index (Phi) is 4.20. The van der Waals surface area contributed by atoms with Gasteiger partial charge in [-0.3, -0.25) is 19.1 Å². The summed E-state index contributed by atoms with van der Waals surface area (Å²) in [6.07, 6.45) is 2.44. The minimum Gasteiger partial charge on any atom is -0.388 e. The molecule has 1 saturated heterocycles. The molecule has 0 amide bonds. The molecular formula is C15H17N5O5. The maximum Gasteiger partial charge on any atom is 0.333 e. The molecule has 1 aliphatic heterocycles. The topological polar surface area (TPSA) is 145 Å². The van der Waals surface area contributed by atoms with Crippen LogP contribution in [0.2, 0.25) is 0 Å². The summed E-state index contributed by atoms with van der Waals surface area (Å²) >= 11 is 0. The third-order valence-corrected chi connectivity index (χ3v) is 4.13. The van der Waals surface area contributed by atoms with Crippen LogP contribution >= 0.6 is 0 Å². The fourth-order valence-corrected chi connectivity index (χ4v) is 2.99. The van der Waals surface area contributed by atoms with Crippen molar-refractivity contribution in [3.8, 4) is 12.3 Å². The van der Waals surface area contributed by atoms with Gasteiger partial charge in [-0.1, -0.05) is 12.8 Å². The van der Waals surface area contributed by atoms with Gasteiger partial charge in [-0.25, -0.2) is 9.36 Å². The lowest BCUT2D eigenvalue weighted by atomic mass is 10.1. The summed E-state index contributed by atoms with van der Waals surface area (Å²) in [5, 5.41) is 10.3. The zero-order valence-electron chi connectivity index (χ0n) is 13.4. The Balaban J connectivity index is 2.22. The highest BCUT2D eigenvalue weighted by molar-refractivity contribution is 5.83. The van der Waals surface area contributed by atoms with E-state index in [0.29, 0.717) is 0 Å². The molecule has 1 aliphatic rings. The first kappa shape index (κ1) is 16.9. The number of nitrogens with one attached hydrogen (secondary N) is 1. The first-order valence-corrected chi connectivity index (χ1v) is 7.69. The first-order valence-electron chi connectivity index (χ1n) is 7.69. The minimum atomic E-state index is -1.16. The van der Waals surface area contributed by atoms with Crippen molar-refractivity contribution in [2.45, 2.75) is 44.7 Å². The molecule has 0 saturated carbocycles. The quantitative estimate of drug-likeness (QED) is 0.585. The first-order chi connectivity index (χ1) is 11.9. The molecule has 0 bridgehead atoms. The zero-order chi connectivity index (χ0) is 18.3. The number of nitrogens with zero attached hydrogens (tertiary/aromatic N) is 3. The fraction of sp³-hybridized carbons (Fsp3) is 0.467. The summed E-state index contributed by atoms with van der Waals surface area (Å²) in [7, 11) is 0. The number of anilines is 1. The van der Waals surface area contributed by atoms with E-state index in [9.17, 15) is 19.5 Å². The number of carbonyl (C=O) groups excluding carboxylic acids is 1. The van der Waals surface area contributed by atoms with Crippen molar-refractivity contribution in [3.63, 3.8) is 0 Å². The lowest BCUT2D eigenvalue weighted by molar-refractivity contribution is -0.132. The van der Waals surface area contributed by atoms with E-state index < -0.39 is 29.7 Å². The van der Waals surface area contributed by atoms with Crippen LogP contribution in [0.1, 0.15) is 26.0 Å². The highest BCUT2D eigenvalue weighted by Gasteiger charge is 2.40. The number of aliphatic hydroxyl groups is 1.